The molecule has 0 bridgehead atoms. The van der Waals surface area contributed by atoms with Crippen LogP contribution in [0.1, 0.15) is 0 Å². The number of carbonyl (C=O) groups is 2. The minimum Gasteiger partial charge on any atom is -0.298 e. The summed E-state index contributed by atoms with van der Waals surface area (Å²) in [5.41, 5.74) is -0.167. The third kappa shape index (κ3) is 1.58. The first-order chi connectivity index (χ1) is 7.63. The number of hydrogen-bond donors (Lipinski definition) is 0. The van der Waals surface area contributed by atoms with Gasteiger partial charge in [0.2, 0.25) is 6.29 Å². The van der Waals surface area contributed by atoms with Crippen molar-refractivity contribution in [2.45, 2.75) is 0 Å². The molecule has 0 unspecified atom stereocenters. The molecule has 1 aromatic carbocycles. The number of amides is 1. The van der Waals surface area contributed by atoms with Crippen molar-refractivity contribution < 1.29 is 18.4 Å². The quantitative estimate of drug-likeness (QED) is 0.531. The highest BCUT2D eigenvalue weighted by Gasteiger charge is 2.23. The summed E-state index contributed by atoms with van der Waals surface area (Å²) in [5, 5.41) is 0. The second-order valence-corrected chi connectivity index (χ2v) is 3.13. The Kier molecular flexibility index (Phi) is 2.47. The van der Waals surface area contributed by atoms with Crippen LogP contribution in [-0.4, -0.2) is 25.0 Å². The van der Waals surface area contributed by atoms with E-state index in [1.807, 2.05) is 0 Å². The number of rotatable bonds is 1. The molecule has 1 aromatic rings. The molecule has 2 rings (SSSR count). The van der Waals surface area contributed by atoms with E-state index in [1.165, 1.54) is 6.21 Å². The Labute approximate surface area is 89.2 Å². The highest BCUT2D eigenvalue weighted by atomic mass is 19.1. The van der Waals surface area contributed by atoms with E-state index in [9.17, 15) is 18.4 Å². The second-order valence-electron chi connectivity index (χ2n) is 3.13. The minimum absolute atomic E-state index is 0.0213. The molecule has 1 heterocycles. The average molecular weight is 224 g/mol. The molecule has 1 aliphatic heterocycles. The number of hydrogen-bond acceptors (Lipinski definition) is 3. The average Bonchev–Trinajstić information content (AvgIpc) is 2.27. The van der Waals surface area contributed by atoms with Gasteiger partial charge in [-0.2, -0.15) is 0 Å². The molecule has 1 aliphatic rings. The third-order valence-corrected chi connectivity index (χ3v) is 2.15. The van der Waals surface area contributed by atoms with E-state index in [2.05, 4.69) is 4.99 Å². The fourth-order valence-electron chi connectivity index (χ4n) is 1.47. The van der Waals surface area contributed by atoms with Crippen molar-refractivity contribution in [2.24, 2.45) is 4.99 Å². The number of fused-ring (bicyclic) bond motifs is 1. The van der Waals surface area contributed by atoms with Gasteiger partial charge in [-0.25, -0.2) is 8.78 Å². The molecular formula is C10H6F2N2O2. The van der Waals surface area contributed by atoms with Crippen LogP contribution in [0.15, 0.2) is 17.1 Å². The first kappa shape index (κ1) is 10.4. The minimum atomic E-state index is -0.866. The van der Waals surface area contributed by atoms with Gasteiger partial charge in [0.05, 0.1) is 12.2 Å². The number of anilines is 1. The van der Waals surface area contributed by atoms with Crippen molar-refractivity contribution in [3.05, 3.63) is 23.8 Å². The van der Waals surface area contributed by atoms with Crippen LogP contribution in [0.4, 0.5) is 20.2 Å². The molecule has 0 atom stereocenters. The number of carbonyl (C=O) groups excluding carboxylic acids is 2. The van der Waals surface area contributed by atoms with E-state index in [1.54, 1.807) is 0 Å². The van der Waals surface area contributed by atoms with Gasteiger partial charge in [-0.3, -0.25) is 19.5 Å². The topological polar surface area (TPSA) is 49.7 Å². The van der Waals surface area contributed by atoms with Crippen molar-refractivity contribution in [3.63, 3.8) is 0 Å². The van der Waals surface area contributed by atoms with E-state index in [0.29, 0.717) is 6.07 Å². The van der Waals surface area contributed by atoms with Crippen LogP contribution in [0.2, 0.25) is 0 Å². The van der Waals surface area contributed by atoms with Crippen LogP contribution in [0.5, 0.6) is 0 Å². The maximum absolute atomic E-state index is 13.3. The smallest absolute Gasteiger partial charge is 0.291 e. The van der Waals surface area contributed by atoms with Gasteiger partial charge in [-0.15, -0.1) is 0 Å². The van der Waals surface area contributed by atoms with Gasteiger partial charge in [0.25, 0.3) is 5.91 Å². The number of halogens is 2. The molecule has 0 radical (unpaired) electrons. The van der Waals surface area contributed by atoms with Crippen LogP contribution in [0.25, 0.3) is 0 Å². The van der Waals surface area contributed by atoms with Gasteiger partial charge in [0.1, 0.15) is 11.5 Å². The highest BCUT2D eigenvalue weighted by Crippen LogP contribution is 2.34. The molecule has 0 N–H and O–H groups in total. The van der Waals surface area contributed by atoms with E-state index in [4.69, 9.17) is 0 Å². The molecule has 82 valence electrons. The number of benzene rings is 1. The van der Waals surface area contributed by atoms with E-state index < -0.39 is 17.5 Å². The Morgan fingerprint density at radius 3 is 2.88 bits per heavy atom. The molecule has 0 spiro atoms. The van der Waals surface area contributed by atoms with Gasteiger partial charge in [-0.1, -0.05) is 0 Å². The van der Waals surface area contributed by atoms with E-state index in [0.717, 1.165) is 11.0 Å². The number of aliphatic imine (C=N–C) groups is 1. The Morgan fingerprint density at radius 1 is 1.44 bits per heavy atom. The van der Waals surface area contributed by atoms with Gasteiger partial charge < -0.3 is 0 Å². The monoisotopic (exact) mass is 224 g/mol. The fourth-order valence-corrected chi connectivity index (χ4v) is 1.47. The first-order valence-electron chi connectivity index (χ1n) is 4.41. The maximum atomic E-state index is 13.3. The second kappa shape index (κ2) is 3.80. The first-order valence-corrected chi connectivity index (χ1v) is 4.41. The van der Waals surface area contributed by atoms with Gasteiger partial charge in [-0.05, 0) is 0 Å². The molecule has 1 amide bonds. The predicted molar refractivity (Wildman–Crippen MR) is 52.9 cm³/mol. The van der Waals surface area contributed by atoms with Crippen LogP contribution in [-0.2, 0) is 9.59 Å². The van der Waals surface area contributed by atoms with Crippen LogP contribution >= 0.6 is 0 Å². The third-order valence-electron chi connectivity index (χ3n) is 2.15. The van der Waals surface area contributed by atoms with Crippen molar-refractivity contribution >= 4 is 29.8 Å². The van der Waals surface area contributed by atoms with Gasteiger partial charge in [0.15, 0.2) is 5.82 Å². The lowest BCUT2D eigenvalue weighted by Crippen LogP contribution is -2.35. The molecule has 0 fully saturated rings. The van der Waals surface area contributed by atoms with Crippen LogP contribution in [0.3, 0.4) is 0 Å². The van der Waals surface area contributed by atoms with Gasteiger partial charge in [0, 0.05) is 18.3 Å². The molecule has 0 saturated heterocycles. The largest absolute Gasteiger partial charge is 0.298 e. The summed E-state index contributed by atoms with van der Waals surface area (Å²) in [6.07, 6.45) is 1.37. The van der Waals surface area contributed by atoms with Crippen molar-refractivity contribution in [3.8, 4) is 0 Å². The molecule has 16 heavy (non-hydrogen) atoms. The Bertz CT molecular complexity index is 500. The lowest BCUT2D eigenvalue weighted by Gasteiger charge is -2.23. The SMILES string of the molecule is O=CC(=O)N1CC=Nc2c(F)cc(F)cc21. The molecule has 0 saturated carbocycles. The Hall–Kier alpha value is -2.11. The zero-order valence-corrected chi connectivity index (χ0v) is 7.98. The van der Waals surface area contributed by atoms with Gasteiger partial charge >= 0.3 is 0 Å². The Morgan fingerprint density at radius 2 is 2.19 bits per heavy atom. The normalized spacial score (nSPS) is 13.5. The predicted octanol–water partition coefficient (Wildman–Crippen LogP) is 1.21. The summed E-state index contributed by atoms with van der Waals surface area (Å²) in [6, 6.07) is 1.64. The zero-order chi connectivity index (χ0) is 11.7. The van der Waals surface area contributed by atoms with Crippen molar-refractivity contribution in [1.82, 2.24) is 0 Å². The molecular weight excluding hydrogens is 218 g/mol. The molecule has 4 nitrogen and oxygen atoms in total. The lowest BCUT2D eigenvalue weighted by atomic mass is 10.2. The molecule has 0 aromatic heterocycles. The summed E-state index contributed by atoms with van der Waals surface area (Å²) in [4.78, 5) is 26.2. The maximum Gasteiger partial charge on any atom is 0.291 e. The highest BCUT2D eigenvalue weighted by molar-refractivity contribution is 6.31. The summed E-state index contributed by atoms with van der Waals surface area (Å²) in [7, 11) is 0. The summed E-state index contributed by atoms with van der Waals surface area (Å²) >= 11 is 0. The molecule has 6 heteroatoms. The van der Waals surface area contributed by atoms with Crippen LogP contribution < -0.4 is 4.90 Å². The number of aldehydes is 1. The van der Waals surface area contributed by atoms with Crippen molar-refractivity contribution in [1.29, 1.82) is 0 Å². The van der Waals surface area contributed by atoms with E-state index >= 15 is 0 Å². The summed E-state index contributed by atoms with van der Waals surface area (Å²) < 4.78 is 26.3. The summed E-state index contributed by atoms with van der Waals surface area (Å²) in [6.45, 7) is 0.0213. The Balaban J connectivity index is 2.58. The standard InChI is InChI=1S/C10H6F2N2O2/c11-6-3-7(12)10-8(4-6)14(2-1-13-10)9(16)5-15/h1,3-5H,2H2. The number of nitrogens with zero attached hydrogens (tertiary/aromatic N) is 2. The fraction of sp³-hybridized carbons (Fsp3) is 0.100. The zero-order valence-electron chi connectivity index (χ0n) is 7.98. The lowest BCUT2D eigenvalue weighted by molar-refractivity contribution is -0.129. The van der Waals surface area contributed by atoms with Crippen LogP contribution in [0, 0.1) is 11.6 Å². The van der Waals surface area contributed by atoms with E-state index in [-0.39, 0.29) is 24.2 Å². The summed E-state index contributed by atoms with van der Waals surface area (Å²) in [5.74, 6) is -2.55. The van der Waals surface area contributed by atoms with Crippen molar-refractivity contribution in [2.75, 3.05) is 11.4 Å². The molecule has 0 aliphatic carbocycles.